The van der Waals surface area contributed by atoms with E-state index in [4.69, 9.17) is 4.74 Å². The molecule has 2 fully saturated rings. The molecule has 0 atom stereocenters. The van der Waals surface area contributed by atoms with Gasteiger partial charge in [-0.15, -0.1) is 0 Å². The van der Waals surface area contributed by atoms with Crippen molar-refractivity contribution in [1.29, 1.82) is 0 Å². The van der Waals surface area contributed by atoms with Crippen LogP contribution in [0.25, 0.3) is 0 Å². The summed E-state index contributed by atoms with van der Waals surface area (Å²) in [6.07, 6.45) is 14.9. The molecule has 34 heavy (non-hydrogen) atoms. The quantitative estimate of drug-likeness (QED) is 0.556. The SMILES string of the molecule is O=C(NC1CCN(CC2CCCCCCCCC2)CC1)C1c2ccccc2Oc2ccccc21. The fraction of sp³-hybridized carbons (Fsp3) is 0.567. The highest BCUT2D eigenvalue weighted by Crippen LogP contribution is 2.44. The molecule has 1 aliphatic carbocycles. The zero-order valence-corrected chi connectivity index (χ0v) is 20.5. The van der Waals surface area contributed by atoms with Crippen LogP contribution in [-0.4, -0.2) is 36.5 Å². The van der Waals surface area contributed by atoms with Gasteiger partial charge in [0.15, 0.2) is 0 Å². The van der Waals surface area contributed by atoms with Crippen LogP contribution < -0.4 is 10.1 Å². The van der Waals surface area contributed by atoms with E-state index in [0.717, 1.165) is 54.5 Å². The van der Waals surface area contributed by atoms with E-state index in [2.05, 4.69) is 10.2 Å². The van der Waals surface area contributed by atoms with Crippen molar-refractivity contribution in [3.8, 4) is 11.5 Å². The summed E-state index contributed by atoms with van der Waals surface area (Å²) in [5, 5.41) is 3.41. The first-order valence-corrected chi connectivity index (χ1v) is 13.7. The molecule has 1 saturated carbocycles. The molecule has 2 aromatic rings. The molecule has 1 saturated heterocycles. The van der Waals surface area contributed by atoms with Crippen LogP contribution in [0, 0.1) is 5.92 Å². The minimum Gasteiger partial charge on any atom is -0.457 e. The lowest BCUT2D eigenvalue weighted by atomic mass is 9.86. The molecule has 0 aromatic heterocycles. The minimum atomic E-state index is -0.304. The second kappa shape index (κ2) is 11.4. The van der Waals surface area contributed by atoms with Gasteiger partial charge >= 0.3 is 0 Å². The lowest BCUT2D eigenvalue weighted by Gasteiger charge is -2.36. The Morgan fingerprint density at radius 1 is 0.765 bits per heavy atom. The first-order chi connectivity index (χ1) is 16.8. The Morgan fingerprint density at radius 2 is 1.29 bits per heavy atom. The molecule has 4 nitrogen and oxygen atoms in total. The van der Waals surface area contributed by atoms with E-state index >= 15 is 0 Å². The summed E-state index contributed by atoms with van der Waals surface area (Å²) in [7, 11) is 0. The van der Waals surface area contributed by atoms with Crippen LogP contribution in [0.4, 0.5) is 0 Å². The predicted molar refractivity (Wildman–Crippen MR) is 137 cm³/mol. The number of para-hydroxylation sites is 2. The average molecular weight is 461 g/mol. The molecule has 2 heterocycles. The van der Waals surface area contributed by atoms with Gasteiger partial charge in [-0.05, 0) is 43.7 Å². The van der Waals surface area contributed by atoms with Gasteiger partial charge in [-0.2, -0.15) is 0 Å². The van der Waals surface area contributed by atoms with E-state index in [-0.39, 0.29) is 17.9 Å². The smallest absolute Gasteiger partial charge is 0.232 e. The average Bonchev–Trinajstić information content (AvgIpc) is 2.87. The first-order valence-electron chi connectivity index (χ1n) is 13.7. The van der Waals surface area contributed by atoms with Gasteiger partial charge in [0.25, 0.3) is 0 Å². The Kier molecular flexibility index (Phi) is 7.85. The molecular weight excluding hydrogens is 420 g/mol. The van der Waals surface area contributed by atoms with E-state index in [9.17, 15) is 4.79 Å². The molecule has 182 valence electrons. The number of nitrogens with zero attached hydrogens (tertiary/aromatic N) is 1. The summed E-state index contributed by atoms with van der Waals surface area (Å²) in [5.74, 6) is 2.25. The van der Waals surface area contributed by atoms with Crippen molar-refractivity contribution < 1.29 is 9.53 Å². The summed E-state index contributed by atoms with van der Waals surface area (Å²) in [6.45, 7) is 3.45. The third-order valence-corrected chi connectivity index (χ3v) is 8.12. The van der Waals surface area contributed by atoms with E-state index in [1.54, 1.807) is 0 Å². The molecule has 0 spiro atoms. The number of nitrogens with one attached hydrogen (secondary N) is 1. The summed E-state index contributed by atoms with van der Waals surface area (Å²) in [4.78, 5) is 16.2. The standard InChI is InChI=1S/C30H40N2O2/c33-30(29-25-14-8-10-16-27(25)34-28-17-11-9-15-26(28)29)31-24-18-20-32(21-19-24)22-23-12-6-4-2-1-3-5-7-13-23/h8-11,14-17,23-24,29H,1-7,12-13,18-22H2,(H,31,33). The number of benzene rings is 2. The van der Waals surface area contributed by atoms with Crippen molar-refractivity contribution in [3.63, 3.8) is 0 Å². The van der Waals surface area contributed by atoms with Crippen LogP contribution in [0.1, 0.15) is 87.7 Å². The van der Waals surface area contributed by atoms with Gasteiger partial charge in [-0.3, -0.25) is 4.79 Å². The Hall–Kier alpha value is -2.33. The van der Waals surface area contributed by atoms with Crippen molar-refractivity contribution >= 4 is 5.91 Å². The monoisotopic (exact) mass is 460 g/mol. The molecule has 0 unspecified atom stereocenters. The molecule has 0 radical (unpaired) electrons. The molecule has 5 rings (SSSR count). The van der Waals surface area contributed by atoms with Crippen molar-refractivity contribution in [2.75, 3.05) is 19.6 Å². The van der Waals surface area contributed by atoms with Crippen LogP contribution >= 0.6 is 0 Å². The fourth-order valence-corrected chi connectivity index (χ4v) is 6.18. The normalized spacial score (nSPS) is 21.2. The molecule has 0 bridgehead atoms. The highest BCUT2D eigenvalue weighted by atomic mass is 16.5. The number of rotatable bonds is 4. The Bertz CT molecular complexity index is 895. The zero-order chi connectivity index (χ0) is 23.2. The predicted octanol–water partition coefficient (Wildman–Crippen LogP) is 6.65. The van der Waals surface area contributed by atoms with E-state index in [1.165, 1.54) is 64.3 Å². The van der Waals surface area contributed by atoms with Crippen LogP contribution in [0.3, 0.4) is 0 Å². The van der Waals surface area contributed by atoms with Crippen molar-refractivity contribution in [1.82, 2.24) is 10.2 Å². The van der Waals surface area contributed by atoms with Crippen molar-refractivity contribution in [2.24, 2.45) is 5.92 Å². The van der Waals surface area contributed by atoms with Gasteiger partial charge in [-0.25, -0.2) is 0 Å². The molecule has 2 aliphatic heterocycles. The summed E-state index contributed by atoms with van der Waals surface area (Å²) in [5.41, 5.74) is 1.93. The van der Waals surface area contributed by atoms with Gasteiger partial charge in [0.1, 0.15) is 11.5 Å². The number of carbonyl (C=O) groups is 1. The molecular formula is C30H40N2O2. The Morgan fingerprint density at radius 3 is 1.88 bits per heavy atom. The highest BCUT2D eigenvalue weighted by molar-refractivity contribution is 5.89. The van der Waals surface area contributed by atoms with E-state index in [0.29, 0.717) is 0 Å². The minimum absolute atomic E-state index is 0.106. The van der Waals surface area contributed by atoms with Gasteiger partial charge in [0.2, 0.25) is 5.91 Å². The van der Waals surface area contributed by atoms with Crippen LogP contribution in [0.5, 0.6) is 11.5 Å². The molecule has 2 aromatic carbocycles. The molecule has 1 amide bonds. The summed E-state index contributed by atoms with van der Waals surface area (Å²) in [6, 6.07) is 16.2. The number of fused-ring (bicyclic) bond motifs is 2. The van der Waals surface area contributed by atoms with Crippen molar-refractivity contribution in [2.45, 2.75) is 82.6 Å². The zero-order valence-electron chi connectivity index (χ0n) is 20.5. The van der Waals surface area contributed by atoms with Crippen LogP contribution in [0.2, 0.25) is 0 Å². The van der Waals surface area contributed by atoms with Gasteiger partial charge in [-0.1, -0.05) is 81.3 Å². The Balaban J connectivity index is 1.17. The number of ether oxygens (including phenoxy) is 1. The Labute approximate surface area is 205 Å². The van der Waals surface area contributed by atoms with Crippen LogP contribution in [0.15, 0.2) is 48.5 Å². The van der Waals surface area contributed by atoms with Crippen LogP contribution in [-0.2, 0) is 4.79 Å². The lowest BCUT2D eigenvalue weighted by molar-refractivity contribution is -0.122. The number of carbonyl (C=O) groups excluding carboxylic acids is 1. The number of hydrogen-bond donors (Lipinski definition) is 1. The highest BCUT2D eigenvalue weighted by Gasteiger charge is 2.34. The molecule has 3 aliphatic rings. The van der Waals surface area contributed by atoms with E-state index < -0.39 is 0 Å². The maximum absolute atomic E-state index is 13.5. The van der Waals surface area contributed by atoms with E-state index in [1.807, 2.05) is 48.5 Å². The largest absolute Gasteiger partial charge is 0.457 e. The lowest BCUT2D eigenvalue weighted by Crippen LogP contribution is -2.47. The van der Waals surface area contributed by atoms with Crippen molar-refractivity contribution in [3.05, 3.63) is 59.7 Å². The number of hydrogen-bond acceptors (Lipinski definition) is 3. The third-order valence-electron chi connectivity index (χ3n) is 8.12. The second-order valence-electron chi connectivity index (χ2n) is 10.6. The maximum Gasteiger partial charge on any atom is 0.232 e. The maximum atomic E-state index is 13.5. The molecule has 1 N–H and O–H groups in total. The summed E-state index contributed by atoms with van der Waals surface area (Å²) < 4.78 is 6.08. The number of amides is 1. The fourth-order valence-electron chi connectivity index (χ4n) is 6.18. The number of likely N-dealkylation sites (tertiary alicyclic amines) is 1. The topological polar surface area (TPSA) is 41.6 Å². The molecule has 4 heteroatoms. The third kappa shape index (κ3) is 5.66. The number of piperidine rings is 1. The van der Waals surface area contributed by atoms with Gasteiger partial charge < -0.3 is 15.0 Å². The first kappa shape index (κ1) is 23.4. The van der Waals surface area contributed by atoms with Gasteiger partial charge in [0.05, 0.1) is 5.92 Å². The van der Waals surface area contributed by atoms with Gasteiger partial charge in [0, 0.05) is 36.8 Å². The summed E-state index contributed by atoms with van der Waals surface area (Å²) >= 11 is 0. The second-order valence-corrected chi connectivity index (χ2v) is 10.6.